The van der Waals surface area contributed by atoms with Crippen LogP contribution in [0.15, 0.2) is 18.2 Å². The van der Waals surface area contributed by atoms with Crippen molar-refractivity contribution in [1.29, 1.82) is 0 Å². The Bertz CT molecular complexity index is 289. The van der Waals surface area contributed by atoms with Crippen LogP contribution in [0.1, 0.15) is 51.0 Å². The molecule has 1 aromatic rings. The highest BCUT2D eigenvalue weighted by atomic mass is 16.3. The first-order valence-corrected chi connectivity index (χ1v) is 6.32. The van der Waals surface area contributed by atoms with E-state index in [-0.39, 0.29) is 0 Å². The summed E-state index contributed by atoms with van der Waals surface area (Å²) in [5.74, 6) is 0.341. The van der Waals surface area contributed by atoms with Gasteiger partial charge in [0.15, 0.2) is 0 Å². The maximum Gasteiger partial charge on any atom is 0.120 e. The molecule has 0 amide bonds. The number of aromatic hydroxyl groups is 1. The number of nitrogen functional groups attached to an aromatic ring is 1. The Hall–Kier alpha value is -1.18. The lowest BCUT2D eigenvalue weighted by molar-refractivity contribution is 0.466. The molecule has 0 saturated carbocycles. The van der Waals surface area contributed by atoms with E-state index < -0.39 is 0 Å². The van der Waals surface area contributed by atoms with E-state index >= 15 is 0 Å². The molecule has 90 valence electrons. The molecular weight excluding hydrogens is 198 g/mol. The maximum absolute atomic E-state index is 9.65. The van der Waals surface area contributed by atoms with E-state index in [0.717, 1.165) is 18.4 Å². The summed E-state index contributed by atoms with van der Waals surface area (Å²) in [7, 11) is 0. The molecule has 0 spiro atoms. The second-order valence-electron chi connectivity index (χ2n) is 4.36. The van der Waals surface area contributed by atoms with Crippen LogP contribution < -0.4 is 5.73 Å². The van der Waals surface area contributed by atoms with Crippen molar-refractivity contribution in [2.45, 2.75) is 51.9 Å². The van der Waals surface area contributed by atoms with Gasteiger partial charge in [0, 0.05) is 11.3 Å². The Balaban J connectivity index is 2.26. The quantitative estimate of drug-likeness (QED) is 0.542. The summed E-state index contributed by atoms with van der Waals surface area (Å²) in [5, 5.41) is 9.65. The second-order valence-corrected chi connectivity index (χ2v) is 4.36. The third-order valence-corrected chi connectivity index (χ3v) is 2.97. The Kier molecular flexibility index (Phi) is 5.76. The molecule has 0 aromatic heterocycles. The van der Waals surface area contributed by atoms with Crippen molar-refractivity contribution in [1.82, 2.24) is 0 Å². The van der Waals surface area contributed by atoms with E-state index in [1.807, 2.05) is 6.07 Å². The highest BCUT2D eigenvalue weighted by molar-refractivity contribution is 5.53. The molecule has 1 aromatic carbocycles. The lowest BCUT2D eigenvalue weighted by Gasteiger charge is -2.07. The summed E-state index contributed by atoms with van der Waals surface area (Å²) in [4.78, 5) is 0. The van der Waals surface area contributed by atoms with Gasteiger partial charge < -0.3 is 10.8 Å². The van der Waals surface area contributed by atoms with Gasteiger partial charge in [-0.2, -0.15) is 0 Å². The summed E-state index contributed by atoms with van der Waals surface area (Å²) >= 11 is 0. The first kappa shape index (κ1) is 12.9. The Morgan fingerprint density at radius 2 is 1.75 bits per heavy atom. The van der Waals surface area contributed by atoms with Crippen molar-refractivity contribution in [3.05, 3.63) is 23.8 Å². The topological polar surface area (TPSA) is 46.2 Å². The number of hydrogen-bond acceptors (Lipinski definition) is 2. The van der Waals surface area contributed by atoms with Crippen molar-refractivity contribution in [2.75, 3.05) is 5.73 Å². The monoisotopic (exact) mass is 221 g/mol. The second kappa shape index (κ2) is 7.15. The Morgan fingerprint density at radius 3 is 2.44 bits per heavy atom. The molecule has 0 unspecified atom stereocenters. The van der Waals surface area contributed by atoms with Crippen molar-refractivity contribution in [3.8, 4) is 5.75 Å². The summed E-state index contributed by atoms with van der Waals surface area (Å²) in [6.45, 7) is 2.22. The molecular formula is C14H23NO. The lowest BCUT2D eigenvalue weighted by Crippen LogP contribution is -1.95. The first-order chi connectivity index (χ1) is 7.75. The van der Waals surface area contributed by atoms with Gasteiger partial charge in [0.05, 0.1) is 0 Å². The summed E-state index contributed by atoms with van der Waals surface area (Å²) < 4.78 is 0. The molecule has 0 radical (unpaired) electrons. The molecule has 3 N–H and O–H groups in total. The summed E-state index contributed by atoms with van der Waals surface area (Å²) in [6.07, 6.45) is 8.48. The van der Waals surface area contributed by atoms with E-state index in [1.54, 1.807) is 12.1 Å². The van der Waals surface area contributed by atoms with E-state index in [0.29, 0.717) is 11.4 Å². The van der Waals surface area contributed by atoms with Gasteiger partial charge in [-0.25, -0.2) is 0 Å². The van der Waals surface area contributed by atoms with Crippen LogP contribution in [0.25, 0.3) is 0 Å². The average molecular weight is 221 g/mol. The predicted molar refractivity (Wildman–Crippen MR) is 69.6 cm³/mol. The molecule has 0 saturated heterocycles. The third kappa shape index (κ3) is 4.13. The van der Waals surface area contributed by atoms with E-state index in [4.69, 9.17) is 5.73 Å². The number of rotatable bonds is 7. The summed E-state index contributed by atoms with van der Waals surface area (Å²) in [5.41, 5.74) is 7.45. The van der Waals surface area contributed by atoms with Crippen LogP contribution in [0.5, 0.6) is 5.75 Å². The number of phenols is 1. The Morgan fingerprint density at radius 1 is 1.06 bits per heavy atom. The predicted octanol–water partition coefficient (Wildman–Crippen LogP) is 3.88. The van der Waals surface area contributed by atoms with Crippen LogP contribution in [0.3, 0.4) is 0 Å². The van der Waals surface area contributed by atoms with Crippen LogP contribution in [0.2, 0.25) is 0 Å². The van der Waals surface area contributed by atoms with Crippen LogP contribution in [0, 0.1) is 0 Å². The zero-order chi connectivity index (χ0) is 11.8. The molecule has 0 heterocycles. The molecule has 0 bridgehead atoms. The van der Waals surface area contributed by atoms with Crippen LogP contribution >= 0.6 is 0 Å². The normalized spacial score (nSPS) is 10.6. The number of nitrogens with two attached hydrogens (primary N) is 1. The molecule has 0 atom stereocenters. The molecule has 1 rings (SSSR count). The van der Waals surface area contributed by atoms with Gasteiger partial charge in [0.1, 0.15) is 5.75 Å². The molecule has 2 heteroatoms. The van der Waals surface area contributed by atoms with Gasteiger partial charge in [-0.05, 0) is 25.0 Å². The highest BCUT2D eigenvalue weighted by Crippen LogP contribution is 2.25. The molecule has 0 aliphatic carbocycles. The van der Waals surface area contributed by atoms with Crippen LogP contribution in [-0.4, -0.2) is 5.11 Å². The SMILES string of the molecule is CCCCCCCCc1c(N)cccc1O. The molecule has 16 heavy (non-hydrogen) atoms. The standard InChI is InChI=1S/C14H23NO/c1-2-3-4-5-6-7-9-12-13(15)10-8-11-14(12)16/h8,10-11,16H,2-7,9,15H2,1H3. The van der Waals surface area contributed by atoms with Gasteiger partial charge >= 0.3 is 0 Å². The zero-order valence-corrected chi connectivity index (χ0v) is 10.2. The van der Waals surface area contributed by atoms with Gasteiger partial charge in [-0.15, -0.1) is 0 Å². The fraction of sp³-hybridized carbons (Fsp3) is 0.571. The van der Waals surface area contributed by atoms with Gasteiger partial charge in [-0.3, -0.25) is 0 Å². The first-order valence-electron chi connectivity index (χ1n) is 6.32. The van der Waals surface area contributed by atoms with E-state index in [1.165, 1.54) is 32.1 Å². The van der Waals surface area contributed by atoms with Crippen LogP contribution in [0.4, 0.5) is 5.69 Å². The largest absolute Gasteiger partial charge is 0.508 e. The zero-order valence-electron chi connectivity index (χ0n) is 10.2. The van der Waals surface area contributed by atoms with Crippen LogP contribution in [-0.2, 0) is 6.42 Å². The minimum atomic E-state index is 0.341. The fourth-order valence-corrected chi connectivity index (χ4v) is 1.95. The third-order valence-electron chi connectivity index (χ3n) is 2.97. The van der Waals surface area contributed by atoms with Gasteiger partial charge in [-0.1, -0.05) is 45.1 Å². The number of phenolic OH excluding ortho intramolecular Hbond substituents is 1. The van der Waals surface area contributed by atoms with Gasteiger partial charge in [0.25, 0.3) is 0 Å². The molecule has 0 aliphatic heterocycles. The lowest BCUT2D eigenvalue weighted by atomic mass is 10.0. The number of hydrogen-bond donors (Lipinski definition) is 2. The summed E-state index contributed by atoms with van der Waals surface area (Å²) in [6, 6.07) is 5.35. The highest BCUT2D eigenvalue weighted by Gasteiger charge is 2.04. The van der Waals surface area contributed by atoms with Crippen molar-refractivity contribution in [2.24, 2.45) is 0 Å². The maximum atomic E-state index is 9.65. The smallest absolute Gasteiger partial charge is 0.120 e. The van der Waals surface area contributed by atoms with E-state index in [2.05, 4.69) is 6.92 Å². The average Bonchev–Trinajstić information content (AvgIpc) is 2.26. The number of benzene rings is 1. The Labute approximate surface area is 98.5 Å². The molecule has 0 fully saturated rings. The van der Waals surface area contributed by atoms with Crippen molar-refractivity contribution >= 4 is 5.69 Å². The minimum Gasteiger partial charge on any atom is -0.508 e. The molecule has 2 nitrogen and oxygen atoms in total. The minimum absolute atomic E-state index is 0.341. The van der Waals surface area contributed by atoms with Crippen molar-refractivity contribution in [3.63, 3.8) is 0 Å². The van der Waals surface area contributed by atoms with Crippen molar-refractivity contribution < 1.29 is 5.11 Å². The number of anilines is 1. The van der Waals surface area contributed by atoms with Gasteiger partial charge in [0.2, 0.25) is 0 Å². The molecule has 0 aliphatic rings. The fourth-order valence-electron chi connectivity index (χ4n) is 1.95. The van der Waals surface area contributed by atoms with E-state index in [9.17, 15) is 5.11 Å². The number of unbranched alkanes of at least 4 members (excludes halogenated alkanes) is 5.